The number of pyridine rings is 1. The number of nitrogens with zero attached hydrogens (tertiary/aromatic N) is 9. The van der Waals surface area contributed by atoms with Crippen molar-refractivity contribution < 1.29 is 105 Å². The lowest BCUT2D eigenvalue weighted by atomic mass is 9.78. The van der Waals surface area contributed by atoms with Gasteiger partial charge in [0.1, 0.15) is 53.6 Å². The summed E-state index contributed by atoms with van der Waals surface area (Å²) in [6, 6.07) is 2.79. The van der Waals surface area contributed by atoms with Crippen molar-refractivity contribution in [1.29, 1.82) is 0 Å². The van der Waals surface area contributed by atoms with Gasteiger partial charge >= 0.3 is 5.97 Å². The molecule has 2 amide bonds. The average Bonchev–Trinajstić information content (AvgIpc) is 1.16. The summed E-state index contributed by atoms with van der Waals surface area (Å²) < 4.78 is 85.4. The molecule has 6 N–H and O–H groups in total. The number of carbonyl (C=O) groups is 6. The first-order valence-electron chi connectivity index (χ1n) is 45.3. The molecule has 34 heteroatoms. The molecule has 1 unspecified atom stereocenters. The number of fused-ring (bicyclic) bond motifs is 5. The molecule has 15 atom stereocenters. The molecule has 5 aromatic heterocycles. The number of piperidine rings is 1. The number of esters is 1. The highest BCUT2D eigenvalue weighted by Crippen LogP contribution is 2.39. The van der Waals surface area contributed by atoms with Gasteiger partial charge in [-0.05, 0) is 151 Å². The van der Waals surface area contributed by atoms with Crippen molar-refractivity contribution >= 4 is 63.0 Å². The largest absolute Gasteiger partial charge is 0.460 e. The molecule has 4 aliphatic rings. The number of nitrogens with two attached hydrogens (primary N) is 1. The predicted octanol–water partition coefficient (Wildman–Crippen LogP) is 9.20. The van der Waals surface area contributed by atoms with Crippen LogP contribution in [0.25, 0.3) is 33.3 Å². The second-order valence-electron chi connectivity index (χ2n) is 33.7. The standard InChI is InChI=1S/C92H140N12O22/c1-62-20-12-11-13-21-63(2)77(113-8)57-73-26-24-68(7)92(112,126-73)86(109)90(110)103-32-17-14-23-74(103)91(111)125-78(58-75(105)64(3)53-67(6)84(108)85(115-10)83(107)66(5)52-62)65(4)54-69-25-27-76(79(55-69)114-9)124-35-19-15-22-72-60-102(101-99-72)34-37-117-39-41-119-43-45-121-47-49-123-51-50-122-48-46-120-44-42-118-40-38-116-36-29-80(106)94-30-16-18-33-104-89-81(87(93)97-61-98-89)82(100-104)71-56-70-28-31-95-88(70)96-59-71/h11-13,20-21,28,31,53,56,59-62,64-66,68-69,73-74,76-79,84-85,108,112H,14-19,22-27,29-30,32-52,54-55,57-58H2,1-10H3,(H,94,106)(H,95,96)(H2,93,97,98)/b13-11+,20-12+,63-21+,67-53+/t62-,64-,65-,66-,68-,69+,73+,74+,76-,77?,78+,79-,84-,85+,92-/m1/s1. The van der Waals surface area contributed by atoms with Crippen LogP contribution < -0.4 is 11.1 Å². The molecule has 34 nitrogen and oxygen atoms in total. The molecule has 1 aliphatic carbocycles. The van der Waals surface area contributed by atoms with E-state index in [0.717, 1.165) is 72.8 Å². The zero-order valence-corrected chi connectivity index (χ0v) is 75.7. The Kier molecular flexibility index (Phi) is 43.9. The Morgan fingerprint density at radius 1 is 0.730 bits per heavy atom. The van der Waals surface area contributed by atoms with Crippen LogP contribution in [-0.4, -0.2) is 296 Å². The van der Waals surface area contributed by atoms with Gasteiger partial charge in [-0.15, -0.1) is 5.10 Å². The Hall–Kier alpha value is -8.04. The van der Waals surface area contributed by atoms with Crippen molar-refractivity contribution in [3.05, 3.63) is 90.3 Å². The Morgan fingerprint density at radius 2 is 1.42 bits per heavy atom. The lowest BCUT2D eigenvalue weighted by Crippen LogP contribution is -2.61. The number of cyclic esters (lactones) is 1. The fourth-order valence-corrected chi connectivity index (χ4v) is 16.6. The number of aliphatic hydroxyl groups is 2. The molecule has 8 heterocycles. The summed E-state index contributed by atoms with van der Waals surface area (Å²) in [5, 5.41) is 41.9. The number of hydrogen-bond acceptors (Lipinski definition) is 29. The number of nitrogen functional groups attached to an aromatic ring is 1. The zero-order valence-electron chi connectivity index (χ0n) is 75.7. The molecular weight excluding hydrogens is 1630 g/mol. The third-order valence-corrected chi connectivity index (χ3v) is 24.1. The number of aromatic amines is 1. The number of aliphatic hydroxyl groups excluding tert-OH is 1. The van der Waals surface area contributed by atoms with E-state index in [2.05, 4.69) is 35.6 Å². The fourth-order valence-electron chi connectivity index (χ4n) is 16.6. The number of hydrogen-bond donors (Lipinski definition) is 5. The number of methoxy groups -OCH3 is 3. The van der Waals surface area contributed by atoms with Gasteiger partial charge in [0.2, 0.25) is 11.7 Å². The number of H-pyrrole nitrogens is 1. The van der Waals surface area contributed by atoms with Crippen LogP contribution >= 0.6 is 0 Å². The number of ether oxygens (including phenoxy) is 14. The van der Waals surface area contributed by atoms with E-state index in [-0.39, 0.29) is 73.2 Å². The molecule has 2 saturated heterocycles. The van der Waals surface area contributed by atoms with Gasteiger partial charge < -0.3 is 97.5 Å². The lowest BCUT2D eigenvalue weighted by Gasteiger charge is -2.42. The van der Waals surface area contributed by atoms with Gasteiger partial charge in [-0.25, -0.2) is 29.1 Å². The summed E-state index contributed by atoms with van der Waals surface area (Å²) >= 11 is 0. The maximum absolute atomic E-state index is 14.8. The van der Waals surface area contributed by atoms with Crippen molar-refractivity contribution in [2.24, 2.45) is 35.5 Å². The van der Waals surface area contributed by atoms with E-state index in [1.807, 2.05) is 87.3 Å². The van der Waals surface area contributed by atoms with E-state index >= 15 is 0 Å². The highest BCUT2D eigenvalue weighted by atomic mass is 16.6. The van der Waals surface area contributed by atoms with E-state index in [9.17, 15) is 39.0 Å². The SMILES string of the molecule is COC1C[C@@H]2CC[C@@H](C)[C@@](O)(O2)C(=O)C(=O)N2CCCC[C@H]2C(=O)O[C@H]([C@H](C)C[C@@H]2CC[C@@H](OCCCCc3cn(CCOCCOCCOCCOCCOCCOCCOCCOCCC(=O)NCCCCn4nc(-c5cnc6[nH]ccc6c5)c5c(N)ncnc54)nn3)[C@H](OC)C2)CC(=O)[C@H](C)/C=C(\C)[C@@H](O)[C@@H](OC)C(=O)[C@H](C)C[C@H](C)/C=C/C=C/C=C/1C. The molecule has 3 aliphatic heterocycles. The molecular formula is C92H140N12O22. The number of aryl methyl sites for hydroxylation is 2. The number of Topliss-reactive ketones (excluding diaryl/α,β-unsaturated/α-hetero) is 3. The van der Waals surface area contributed by atoms with Crippen molar-refractivity contribution in [1.82, 2.24) is 54.9 Å². The quantitative estimate of drug-likeness (QED) is 0.0105. The van der Waals surface area contributed by atoms with Crippen LogP contribution in [-0.2, 0) is 115 Å². The molecule has 3 fully saturated rings. The molecule has 2 bridgehead atoms. The van der Waals surface area contributed by atoms with Gasteiger partial charge in [0.05, 0.1) is 148 Å². The fraction of sp³-hybridized carbons (Fsp3) is 0.696. The van der Waals surface area contributed by atoms with E-state index in [4.69, 9.17) is 77.1 Å². The summed E-state index contributed by atoms with van der Waals surface area (Å²) in [5.41, 5.74) is 11.4. The third kappa shape index (κ3) is 32.0. The number of carbonyl (C=O) groups excluding carboxylic acids is 6. The van der Waals surface area contributed by atoms with Gasteiger partial charge in [0.25, 0.3) is 11.7 Å². The number of anilines is 1. The summed E-state index contributed by atoms with van der Waals surface area (Å²) in [4.78, 5) is 102. The molecule has 0 radical (unpaired) electrons. The van der Waals surface area contributed by atoms with Gasteiger partial charge in [-0.2, -0.15) is 5.10 Å². The van der Waals surface area contributed by atoms with Gasteiger partial charge in [-0.3, -0.25) is 24.0 Å². The smallest absolute Gasteiger partial charge is 0.329 e. The monoisotopic (exact) mass is 1770 g/mol. The number of nitrogens with one attached hydrogen (secondary N) is 2. The van der Waals surface area contributed by atoms with Crippen LogP contribution in [0.4, 0.5) is 5.82 Å². The molecule has 126 heavy (non-hydrogen) atoms. The molecule has 9 rings (SSSR count). The minimum atomic E-state index is -2.46. The predicted molar refractivity (Wildman–Crippen MR) is 470 cm³/mol. The Labute approximate surface area is 741 Å². The molecule has 700 valence electrons. The molecule has 1 saturated carbocycles. The highest BCUT2D eigenvalue weighted by Gasteiger charge is 2.53. The topological polar surface area (TPSA) is 416 Å². The van der Waals surface area contributed by atoms with Gasteiger partial charge in [0, 0.05) is 114 Å². The Balaban J connectivity index is 0.587. The Bertz CT molecular complexity index is 4260. The third-order valence-electron chi connectivity index (χ3n) is 24.1. The van der Waals surface area contributed by atoms with Crippen LogP contribution in [0.1, 0.15) is 163 Å². The van der Waals surface area contributed by atoms with E-state index in [0.29, 0.717) is 211 Å². The number of unbranched alkanes of at least 4 members (excludes halogenated alkanes) is 2. The van der Waals surface area contributed by atoms with Crippen molar-refractivity contribution in [2.75, 3.05) is 152 Å². The maximum Gasteiger partial charge on any atom is 0.329 e. The number of allylic oxidation sites excluding steroid dienone is 6. The van der Waals surface area contributed by atoms with Gasteiger partial charge in [0.15, 0.2) is 11.4 Å². The van der Waals surface area contributed by atoms with E-state index in [1.54, 1.807) is 51.9 Å². The first kappa shape index (κ1) is 102. The zero-order chi connectivity index (χ0) is 90.2. The number of amides is 2. The first-order valence-corrected chi connectivity index (χ1v) is 45.3. The van der Waals surface area contributed by atoms with Crippen LogP contribution in [0, 0.1) is 35.5 Å². The van der Waals surface area contributed by atoms with E-state index in [1.165, 1.54) is 18.3 Å². The van der Waals surface area contributed by atoms with E-state index < -0.39 is 77.8 Å². The number of rotatable bonds is 45. The minimum Gasteiger partial charge on any atom is -0.460 e. The average molecular weight is 1770 g/mol. The van der Waals surface area contributed by atoms with Gasteiger partial charge in [-0.1, -0.05) is 76.3 Å². The second-order valence-corrected chi connectivity index (χ2v) is 33.7. The molecule has 0 spiro atoms. The first-order chi connectivity index (χ1) is 61.0. The number of ketones is 3. The normalized spacial score (nSPS) is 26.7. The summed E-state index contributed by atoms with van der Waals surface area (Å²) in [6.07, 6.45) is 23.0. The minimum absolute atomic E-state index is 0.00434. The second kappa shape index (κ2) is 54.4. The summed E-state index contributed by atoms with van der Waals surface area (Å²) in [6.45, 7) is 21.7. The Morgan fingerprint density at radius 3 is 2.10 bits per heavy atom. The maximum atomic E-state index is 14.8. The van der Waals surface area contributed by atoms with Crippen molar-refractivity contribution in [3.63, 3.8) is 0 Å². The molecule has 5 aromatic rings. The van der Waals surface area contributed by atoms with Crippen molar-refractivity contribution in [2.45, 2.75) is 232 Å². The number of aromatic nitrogens is 9. The highest BCUT2D eigenvalue weighted by molar-refractivity contribution is 6.39. The van der Waals surface area contributed by atoms with Crippen LogP contribution in [0.15, 0.2) is 84.7 Å². The molecule has 0 aromatic carbocycles. The van der Waals surface area contributed by atoms with Crippen LogP contribution in [0.5, 0.6) is 0 Å². The lowest BCUT2D eigenvalue weighted by molar-refractivity contribution is -0.265. The summed E-state index contributed by atoms with van der Waals surface area (Å²) in [5.74, 6) is -7.89. The van der Waals surface area contributed by atoms with Crippen LogP contribution in [0.2, 0.25) is 0 Å². The summed E-state index contributed by atoms with van der Waals surface area (Å²) in [7, 11) is 4.65. The van der Waals surface area contributed by atoms with Crippen molar-refractivity contribution in [3.8, 4) is 11.3 Å². The van der Waals surface area contributed by atoms with Crippen LogP contribution in [0.3, 0.4) is 0 Å².